The third-order valence-corrected chi connectivity index (χ3v) is 6.55. The molecule has 186 valence electrons. The molecule has 0 unspecified atom stereocenters. The van der Waals surface area contributed by atoms with E-state index in [9.17, 15) is 14.4 Å². The average Bonchev–Trinajstić information content (AvgIpc) is 3.25. The molecule has 3 N–H and O–H groups in total. The summed E-state index contributed by atoms with van der Waals surface area (Å²) in [5.41, 5.74) is 1.73. The lowest BCUT2D eigenvalue weighted by Crippen LogP contribution is -2.48. The maximum absolute atomic E-state index is 13.2. The van der Waals surface area contributed by atoms with Crippen LogP contribution in [0.15, 0.2) is 24.3 Å². The highest BCUT2D eigenvalue weighted by molar-refractivity contribution is 5.88. The van der Waals surface area contributed by atoms with Gasteiger partial charge in [-0.3, -0.25) is 14.4 Å². The Morgan fingerprint density at radius 1 is 1.09 bits per heavy atom. The van der Waals surface area contributed by atoms with Crippen LogP contribution in [0.4, 0.5) is 0 Å². The molecule has 8 heteroatoms. The van der Waals surface area contributed by atoms with Gasteiger partial charge in [-0.25, -0.2) is 4.98 Å². The number of aromatic amines is 1. The Labute approximate surface area is 202 Å². The first-order chi connectivity index (χ1) is 16.2. The molecule has 0 saturated carbocycles. The summed E-state index contributed by atoms with van der Waals surface area (Å²) in [6.07, 6.45) is 4.77. The summed E-state index contributed by atoms with van der Waals surface area (Å²) < 4.78 is 0. The van der Waals surface area contributed by atoms with Gasteiger partial charge < -0.3 is 20.5 Å². The van der Waals surface area contributed by atoms with Crippen molar-refractivity contribution in [2.45, 2.75) is 90.8 Å². The van der Waals surface area contributed by atoms with E-state index in [1.54, 1.807) is 0 Å². The highest BCUT2D eigenvalue weighted by Crippen LogP contribution is 2.19. The fourth-order valence-corrected chi connectivity index (χ4v) is 4.40. The second kappa shape index (κ2) is 12.0. The summed E-state index contributed by atoms with van der Waals surface area (Å²) in [6, 6.07) is 6.78. The largest absolute Gasteiger partial charge is 0.345 e. The summed E-state index contributed by atoms with van der Waals surface area (Å²) in [5.74, 6) is 0.632. The highest BCUT2D eigenvalue weighted by atomic mass is 16.2. The molecule has 8 nitrogen and oxygen atoms in total. The number of H-pyrrole nitrogens is 1. The Bertz CT molecular complexity index is 953. The van der Waals surface area contributed by atoms with Crippen LogP contribution < -0.4 is 10.6 Å². The van der Waals surface area contributed by atoms with Crippen LogP contribution in [-0.2, 0) is 14.4 Å². The zero-order valence-electron chi connectivity index (χ0n) is 20.9. The number of nitrogens with one attached hydrogen (secondary N) is 3. The van der Waals surface area contributed by atoms with E-state index in [1.807, 2.05) is 36.1 Å². The van der Waals surface area contributed by atoms with Gasteiger partial charge in [0.25, 0.3) is 0 Å². The van der Waals surface area contributed by atoms with E-state index in [1.165, 1.54) is 0 Å². The number of piperidine rings is 1. The van der Waals surface area contributed by atoms with Crippen LogP contribution in [0.25, 0.3) is 11.0 Å². The first-order valence-electron chi connectivity index (χ1n) is 12.6. The van der Waals surface area contributed by atoms with E-state index >= 15 is 0 Å². The standard InChI is InChI=1S/C26H39N5O3/c1-17(2)12-14-23(32)28-22(13-15-24(33)31-16-8-7-9-18(31)3)26(34)27-19(4)25-29-20-10-5-6-11-21(20)30-25/h5-6,10-11,17-19,22H,7-9,12-16H2,1-4H3,(H,27,34)(H,28,32)(H,29,30)/t18-,19-,22-/m0/s1. The number of rotatable bonds is 10. The average molecular weight is 470 g/mol. The lowest BCUT2D eigenvalue weighted by atomic mass is 10.0. The Morgan fingerprint density at radius 2 is 1.85 bits per heavy atom. The Hall–Kier alpha value is -2.90. The number of hydrogen-bond acceptors (Lipinski definition) is 4. The van der Waals surface area contributed by atoms with Crippen molar-refractivity contribution >= 4 is 28.8 Å². The van der Waals surface area contributed by atoms with Crippen LogP contribution >= 0.6 is 0 Å². The number of nitrogens with zero attached hydrogens (tertiary/aromatic N) is 2. The summed E-state index contributed by atoms with van der Waals surface area (Å²) >= 11 is 0. The van der Waals surface area contributed by atoms with E-state index in [0.29, 0.717) is 18.2 Å². The third kappa shape index (κ3) is 7.05. The molecule has 1 fully saturated rings. The van der Waals surface area contributed by atoms with Crippen molar-refractivity contribution in [3.8, 4) is 0 Å². The minimum Gasteiger partial charge on any atom is -0.345 e. The number of benzene rings is 1. The van der Waals surface area contributed by atoms with Crippen LogP contribution in [0.3, 0.4) is 0 Å². The molecule has 0 spiro atoms. The lowest BCUT2D eigenvalue weighted by Gasteiger charge is -2.34. The molecule has 3 rings (SSSR count). The number of imidazole rings is 1. The van der Waals surface area contributed by atoms with E-state index in [0.717, 1.165) is 43.3 Å². The zero-order valence-corrected chi connectivity index (χ0v) is 20.9. The third-order valence-electron chi connectivity index (χ3n) is 6.55. The fraction of sp³-hybridized carbons (Fsp3) is 0.615. The van der Waals surface area contributed by atoms with Crippen molar-refractivity contribution in [1.82, 2.24) is 25.5 Å². The number of fused-ring (bicyclic) bond motifs is 1. The topological polar surface area (TPSA) is 107 Å². The molecule has 34 heavy (non-hydrogen) atoms. The van der Waals surface area contributed by atoms with Gasteiger partial charge in [-0.1, -0.05) is 26.0 Å². The number of hydrogen-bond donors (Lipinski definition) is 3. The van der Waals surface area contributed by atoms with E-state index < -0.39 is 6.04 Å². The summed E-state index contributed by atoms with van der Waals surface area (Å²) in [7, 11) is 0. The van der Waals surface area contributed by atoms with Crippen molar-refractivity contribution < 1.29 is 14.4 Å². The Morgan fingerprint density at radius 3 is 2.56 bits per heavy atom. The molecule has 2 heterocycles. The van der Waals surface area contributed by atoms with E-state index in [2.05, 4.69) is 41.4 Å². The van der Waals surface area contributed by atoms with Crippen LogP contribution in [0.5, 0.6) is 0 Å². The molecule has 1 aromatic carbocycles. The molecule has 3 amide bonds. The maximum Gasteiger partial charge on any atom is 0.243 e. The van der Waals surface area contributed by atoms with Gasteiger partial charge in [0.05, 0.1) is 17.1 Å². The van der Waals surface area contributed by atoms with Crippen LogP contribution in [0.1, 0.15) is 84.5 Å². The van der Waals surface area contributed by atoms with E-state index in [-0.39, 0.29) is 42.6 Å². The number of carbonyl (C=O) groups is 3. The van der Waals surface area contributed by atoms with Gasteiger partial charge in [0, 0.05) is 25.4 Å². The molecule has 1 aromatic heterocycles. The molecule has 1 aliphatic heterocycles. The van der Waals surface area contributed by atoms with Crippen molar-refractivity contribution in [2.75, 3.05) is 6.54 Å². The zero-order chi connectivity index (χ0) is 24.7. The van der Waals surface area contributed by atoms with Gasteiger partial charge in [-0.15, -0.1) is 0 Å². The van der Waals surface area contributed by atoms with Crippen LogP contribution in [0.2, 0.25) is 0 Å². The molecular formula is C26H39N5O3. The van der Waals surface area contributed by atoms with Gasteiger partial charge in [-0.05, 0) is 64.0 Å². The van der Waals surface area contributed by atoms with Crippen molar-refractivity contribution in [1.29, 1.82) is 0 Å². The minimum atomic E-state index is -0.768. The minimum absolute atomic E-state index is 0.0479. The summed E-state index contributed by atoms with van der Waals surface area (Å²) in [6.45, 7) is 8.81. The monoisotopic (exact) mass is 469 g/mol. The van der Waals surface area contributed by atoms with Gasteiger partial charge in [0.2, 0.25) is 17.7 Å². The van der Waals surface area contributed by atoms with E-state index in [4.69, 9.17) is 0 Å². The SMILES string of the molecule is CC(C)CCC(=O)N[C@@H](CCC(=O)N1CCCC[C@@H]1C)C(=O)N[C@@H](C)c1nc2ccccc2[nH]1. The van der Waals surface area contributed by atoms with Gasteiger partial charge in [0.1, 0.15) is 11.9 Å². The summed E-state index contributed by atoms with van der Waals surface area (Å²) in [4.78, 5) is 48.3. The van der Waals surface area contributed by atoms with Crippen molar-refractivity contribution in [2.24, 2.45) is 5.92 Å². The van der Waals surface area contributed by atoms with Gasteiger partial charge in [-0.2, -0.15) is 0 Å². The molecule has 0 aliphatic carbocycles. The molecule has 0 bridgehead atoms. The number of para-hydroxylation sites is 2. The number of carbonyl (C=O) groups excluding carboxylic acids is 3. The molecule has 3 atom stereocenters. The molecule has 2 aromatic rings. The second-order valence-electron chi connectivity index (χ2n) is 9.89. The quantitative estimate of drug-likeness (QED) is 0.491. The molecule has 1 saturated heterocycles. The Kier molecular flexibility index (Phi) is 9.07. The predicted molar refractivity (Wildman–Crippen MR) is 133 cm³/mol. The first-order valence-corrected chi connectivity index (χ1v) is 12.6. The second-order valence-corrected chi connectivity index (χ2v) is 9.89. The van der Waals surface area contributed by atoms with Crippen molar-refractivity contribution in [3.05, 3.63) is 30.1 Å². The highest BCUT2D eigenvalue weighted by Gasteiger charge is 2.27. The molecular weight excluding hydrogens is 430 g/mol. The first kappa shape index (κ1) is 25.7. The smallest absolute Gasteiger partial charge is 0.243 e. The van der Waals surface area contributed by atoms with Crippen LogP contribution in [0, 0.1) is 5.92 Å². The normalized spacial score (nSPS) is 18.0. The lowest BCUT2D eigenvalue weighted by molar-refractivity contribution is -0.135. The predicted octanol–water partition coefficient (Wildman–Crippen LogP) is 3.84. The molecule has 1 aliphatic rings. The van der Waals surface area contributed by atoms with Crippen molar-refractivity contribution in [3.63, 3.8) is 0 Å². The molecule has 0 radical (unpaired) electrons. The summed E-state index contributed by atoms with van der Waals surface area (Å²) in [5, 5.41) is 5.84. The number of likely N-dealkylation sites (tertiary alicyclic amines) is 1. The van der Waals surface area contributed by atoms with Gasteiger partial charge in [0.15, 0.2) is 0 Å². The Balaban J connectivity index is 1.64. The maximum atomic E-state index is 13.2. The number of aromatic nitrogens is 2. The number of amides is 3. The fourth-order valence-electron chi connectivity index (χ4n) is 4.40. The van der Waals surface area contributed by atoms with Gasteiger partial charge >= 0.3 is 0 Å². The van der Waals surface area contributed by atoms with Crippen LogP contribution in [-0.4, -0.2) is 51.2 Å².